The van der Waals surface area contributed by atoms with E-state index in [2.05, 4.69) is 19.9 Å². The van der Waals surface area contributed by atoms with Gasteiger partial charge in [0.05, 0.1) is 32.2 Å². The molecule has 6 heterocycles. The number of imidazole rings is 1. The second-order valence-electron chi connectivity index (χ2n) is 13.7. The van der Waals surface area contributed by atoms with Crippen molar-refractivity contribution in [2.45, 2.75) is 62.1 Å². The summed E-state index contributed by atoms with van der Waals surface area (Å²) in [5.41, 5.74) is 6.28. The molecule has 3 saturated heterocycles. The Bertz CT molecular complexity index is 2630. The fourth-order valence-electron chi connectivity index (χ4n) is 6.76. The topological polar surface area (TPSA) is 270 Å². The van der Waals surface area contributed by atoms with Crippen molar-refractivity contribution in [3.63, 3.8) is 0 Å². The number of anilines is 1. The molecular weight excluding hydrogens is 855 g/mol. The normalized spacial score (nSPS) is 29.6. The molecule has 0 saturated carbocycles. The average Bonchev–Trinajstić information content (AvgIpc) is 3.91. The van der Waals surface area contributed by atoms with Crippen molar-refractivity contribution >= 4 is 49.0 Å². The van der Waals surface area contributed by atoms with Crippen LogP contribution in [0.5, 0.6) is 11.5 Å². The number of rotatable bonds is 8. The van der Waals surface area contributed by atoms with Crippen LogP contribution >= 0.6 is 26.0 Å². The molecular formula is C35H36FN7O14P2S. The number of aromatic nitrogens is 6. The summed E-state index contributed by atoms with van der Waals surface area (Å²) in [4.78, 5) is 62.4. The van der Waals surface area contributed by atoms with Gasteiger partial charge in [0, 0.05) is 24.4 Å². The highest BCUT2D eigenvalue weighted by atomic mass is 32.7. The number of carbonyl (C=O) groups excluding carboxylic acids is 1. The summed E-state index contributed by atoms with van der Waals surface area (Å²) in [6.07, 6.45) is -7.21. The van der Waals surface area contributed by atoms with Crippen molar-refractivity contribution in [1.29, 1.82) is 0 Å². The predicted octanol–water partition coefficient (Wildman–Crippen LogP) is 3.98. The quantitative estimate of drug-likeness (QED) is 0.113. The molecule has 25 heteroatoms. The number of nitrogens with one attached hydrogen (secondary N) is 1. The van der Waals surface area contributed by atoms with Crippen LogP contribution in [0.2, 0.25) is 0 Å². The molecule has 2 aromatic carbocycles. The fraction of sp³-hybridized carbons (Fsp3) is 0.371. The second kappa shape index (κ2) is 16.9. The minimum atomic E-state index is -5.09. The van der Waals surface area contributed by atoms with E-state index in [9.17, 15) is 28.4 Å². The lowest BCUT2D eigenvalue weighted by molar-refractivity contribution is -0.0612. The molecule has 4 N–H and O–H groups in total. The number of phosphoric acid groups is 1. The first-order valence-corrected chi connectivity index (χ1v) is 22.7. The van der Waals surface area contributed by atoms with Gasteiger partial charge in [-0.1, -0.05) is 12.1 Å². The highest BCUT2D eigenvalue weighted by Gasteiger charge is 2.53. The molecule has 0 radical (unpaired) electrons. The predicted molar refractivity (Wildman–Crippen MR) is 208 cm³/mol. The molecule has 0 amide bonds. The molecule has 2 unspecified atom stereocenters. The van der Waals surface area contributed by atoms with E-state index < -0.39 is 88.1 Å². The molecule has 3 aliphatic rings. The van der Waals surface area contributed by atoms with Crippen LogP contribution in [0, 0.1) is 6.92 Å². The molecule has 9 atom stereocenters. The summed E-state index contributed by atoms with van der Waals surface area (Å²) in [6.45, 7) is -4.00. The number of benzene rings is 2. The van der Waals surface area contributed by atoms with Gasteiger partial charge in [-0.15, -0.1) is 0 Å². The summed E-state index contributed by atoms with van der Waals surface area (Å²) in [5, 5.41) is 0. The number of hydrogen-bond acceptors (Lipinski definition) is 18. The van der Waals surface area contributed by atoms with Gasteiger partial charge in [-0.05, 0) is 59.8 Å². The molecule has 8 rings (SSSR count). The van der Waals surface area contributed by atoms with Gasteiger partial charge in [0.15, 0.2) is 23.9 Å². The minimum Gasteiger partial charge on any atom is -0.497 e. The lowest BCUT2D eigenvalue weighted by Gasteiger charge is -2.28. The molecule has 60 heavy (non-hydrogen) atoms. The molecule has 0 aliphatic carbocycles. The smallest absolute Gasteiger partial charge is 0.472 e. The SMILES string of the molecule is COc1ccc(C(=O)Oc2ccc(CSP3(=O)OC[C@H]4O[C@@H](n5cnc6c(N)ncnc65)[C@H](F)[C@@H]4OP(=O)(O)OC[C@H]4O[C@@H](n5ccc(=O)[nH]c5=O)C[C@@H]4O3)cc2)c(C)c1. The number of alkyl halides is 1. The fourth-order valence-corrected chi connectivity index (χ4v) is 11.1. The first-order chi connectivity index (χ1) is 28.7. The monoisotopic (exact) mass is 891 g/mol. The molecule has 21 nitrogen and oxygen atoms in total. The maximum absolute atomic E-state index is 16.4. The second-order valence-corrected chi connectivity index (χ2v) is 19.1. The van der Waals surface area contributed by atoms with E-state index in [1.54, 1.807) is 49.4 Å². The number of methoxy groups -OCH3 is 1. The third-order valence-electron chi connectivity index (χ3n) is 9.77. The number of ether oxygens (including phenoxy) is 4. The number of nitrogen functional groups attached to an aromatic ring is 1. The van der Waals surface area contributed by atoms with Crippen LogP contribution in [0.1, 0.15) is 40.4 Å². The van der Waals surface area contributed by atoms with Gasteiger partial charge >= 0.3 is 26.3 Å². The van der Waals surface area contributed by atoms with E-state index in [1.807, 2.05) is 0 Å². The number of hydrogen-bond donors (Lipinski definition) is 3. The Kier molecular flexibility index (Phi) is 11.8. The van der Waals surface area contributed by atoms with Crippen molar-refractivity contribution in [1.82, 2.24) is 29.1 Å². The number of fused-ring (bicyclic) bond motifs is 3. The van der Waals surface area contributed by atoms with Crippen molar-refractivity contribution in [2.24, 2.45) is 0 Å². The molecule has 3 aliphatic heterocycles. The summed E-state index contributed by atoms with van der Waals surface area (Å²) >= 11 is 0.752. The molecule has 5 aromatic rings. The summed E-state index contributed by atoms with van der Waals surface area (Å²) < 4.78 is 92.3. The molecule has 318 valence electrons. The summed E-state index contributed by atoms with van der Waals surface area (Å²) in [6, 6.07) is 12.4. The van der Waals surface area contributed by atoms with Gasteiger partial charge in [-0.3, -0.25) is 37.0 Å². The molecule has 3 fully saturated rings. The van der Waals surface area contributed by atoms with Crippen LogP contribution in [0.25, 0.3) is 11.2 Å². The Morgan fingerprint density at radius 2 is 1.77 bits per heavy atom. The van der Waals surface area contributed by atoms with Gasteiger partial charge in [-0.25, -0.2) is 38.1 Å². The van der Waals surface area contributed by atoms with E-state index in [4.69, 9.17) is 42.8 Å². The van der Waals surface area contributed by atoms with Gasteiger partial charge in [0.25, 0.3) is 5.56 Å². The number of phosphoric ester groups is 1. The van der Waals surface area contributed by atoms with Crippen molar-refractivity contribution in [2.75, 3.05) is 26.1 Å². The largest absolute Gasteiger partial charge is 0.497 e. The van der Waals surface area contributed by atoms with Crippen LogP contribution in [0.3, 0.4) is 0 Å². The number of carbonyl (C=O) groups is 1. The van der Waals surface area contributed by atoms with E-state index in [0.717, 1.165) is 28.3 Å². The maximum atomic E-state index is 16.4. The Labute approximate surface area is 342 Å². The van der Waals surface area contributed by atoms with Crippen LogP contribution in [0.4, 0.5) is 10.2 Å². The Morgan fingerprint density at radius 3 is 2.52 bits per heavy atom. The maximum Gasteiger partial charge on any atom is 0.472 e. The lowest BCUT2D eigenvalue weighted by atomic mass is 10.1. The third-order valence-corrected chi connectivity index (χ3v) is 14.4. The van der Waals surface area contributed by atoms with Crippen LogP contribution in [-0.2, 0) is 42.5 Å². The number of aryl methyl sites for hydroxylation is 1. The van der Waals surface area contributed by atoms with Gasteiger partial charge < -0.3 is 29.6 Å². The zero-order valence-electron chi connectivity index (χ0n) is 31.5. The summed E-state index contributed by atoms with van der Waals surface area (Å²) in [5.74, 6) is 0.273. The van der Waals surface area contributed by atoms with E-state index in [0.29, 0.717) is 22.4 Å². The van der Waals surface area contributed by atoms with E-state index >= 15 is 4.39 Å². The molecule has 3 aromatic heterocycles. The van der Waals surface area contributed by atoms with Crippen LogP contribution in [0.15, 0.2) is 77.0 Å². The molecule has 0 spiro atoms. The Morgan fingerprint density at radius 1 is 1.00 bits per heavy atom. The van der Waals surface area contributed by atoms with Gasteiger partial charge in [-0.2, -0.15) is 0 Å². The van der Waals surface area contributed by atoms with E-state index in [-0.39, 0.29) is 34.9 Å². The van der Waals surface area contributed by atoms with Crippen LogP contribution in [-0.4, -0.2) is 90.8 Å². The van der Waals surface area contributed by atoms with Crippen LogP contribution < -0.4 is 26.5 Å². The number of nitrogens with zero attached hydrogens (tertiary/aromatic N) is 5. The Balaban J connectivity index is 1.05. The van der Waals surface area contributed by atoms with Gasteiger partial charge in [0.1, 0.15) is 54.0 Å². The van der Waals surface area contributed by atoms with Gasteiger partial charge in [0.2, 0.25) is 0 Å². The third kappa shape index (κ3) is 8.82. The number of H-pyrrole nitrogens is 1. The average molecular weight is 892 g/mol. The molecule has 0 bridgehead atoms. The minimum absolute atomic E-state index is 0.00839. The number of nitrogens with two attached hydrogens (primary N) is 1. The Hall–Kier alpha value is -4.80. The standard InChI is InChI=1S/C35H36FN7O14P2S/c1-18-11-21(50-2)7-8-22(18)34(45)53-20-5-3-19(4-6-20)15-60-59(49)52-14-25-30(28(36)33(55-25)43-17-40-29-31(37)38-16-39-32(29)43)57-58(47,48)51-13-24-23(56-59)12-27(54-24)42-10-9-26(44)41-35(42)46/h3-11,16-17,23-25,27-28,30,33H,12-15H2,1-2H3,(H,47,48)(H2,37,38,39)(H,41,44,46)/t23-,24+,25+,27+,28+,30+,33+,59?/m0/s1. The van der Waals surface area contributed by atoms with Crippen molar-refractivity contribution in [3.05, 3.63) is 105 Å². The van der Waals surface area contributed by atoms with E-state index in [1.165, 1.54) is 24.2 Å². The highest BCUT2D eigenvalue weighted by molar-refractivity contribution is 8.54. The number of esters is 1. The number of aromatic amines is 1. The zero-order chi connectivity index (χ0) is 42.3. The first-order valence-electron chi connectivity index (χ1n) is 18.1. The van der Waals surface area contributed by atoms with Crippen molar-refractivity contribution in [3.8, 4) is 11.5 Å². The lowest BCUT2D eigenvalue weighted by Crippen LogP contribution is -2.35. The summed E-state index contributed by atoms with van der Waals surface area (Å²) in [7, 11) is -3.57. The highest BCUT2D eigenvalue weighted by Crippen LogP contribution is 2.64. The van der Waals surface area contributed by atoms with Crippen molar-refractivity contribution < 1.29 is 60.3 Å². The first kappa shape index (κ1) is 41.9. The number of halogens is 1. The zero-order valence-corrected chi connectivity index (χ0v) is 34.1.